The van der Waals surface area contributed by atoms with Gasteiger partial charge >= 0.3 is 0 Å². The molecule has 0 unspecified atom stereocenters. The third-order valence-corrected chi connectivity index (χ3v) is 3.70. The molecule has 1 aliphatic carbocycles. The van der Waals surface area contributed by atoms with Gasteiger partial charge in [0.15, 0.2) is 0 Å². The van der Waals surface area contributed by atoms with Gasteiger partial charge in [0.1, 0.15) is 6.29 Å². The molecule has 0 spiro atoms. The van der Waals surface area contributed by atoms with Gasteiger partial charge in [-0.2, -0.15) is 0 Å². The molecule has 0 aromatic heterocycles. The second-order valence-corrected chi connectivity index (χ2v) is 4.72. The van der Waals surface area contributed by atoms with Crippen LogP contribution in [-0.2, 0) is 4.79 Å². The molecular formula is C12H20O. The summed E-state index contributed by atoms with van der Waals surface area (Å²) in [5.74, 6) is 0.789. The van der Waals surface area contributed by atoms with Crippen LogP contribution >= 0.6 is 0 Å². The Morgan fingerprint density at radius 2 is 2.23 bits per heavy atom. The summed E-state index contributed by atoms with van der Waals surface area (Å²) in [6.45, 7) is 8.73. The number of allylic oxidation sites excluding steroid dienone is 2. The number of rotatable bonds is 2. The fraction of sp³-hybridized carbons (Fsp3) is 0.750. The Balaban J connectivity index is 2.98. The van der Waals surface area contributed by atoms with Gasteiger partial charge in [0.25, 0.3) is 0 Å². The second kappa shape index (κ2) is 3.65. The maximum Gasteiger partial charge on any atom is 0.127 e. The number of carbonyl (C=O) groups excluding carboxylic acids is 1. The van der Waals surface area contributed by atoms with Crippen molar-refractivity contribution < 1.29 is 4.79 Å². The maximum absolute atomic E-state index is 11.0. The van der Waals surface area contributed by atoms with E-state index < -0.39 is 0 Å². The fourth-order valence-corrected chi connectivity index (χ4v) is 2.58. The van der Waals surface area contributed by atoms with Crippen LogP contribution in [0.5, 0.6) is 0 Å². The molecule has 1 nitrogen and oxygen atoms in total. The number of hydrogen-bond donors (Lipinski definition) is 0. The molecule has 0 heterocycles. The summed E-state index contributed by atoms with van der Waals surface area (Å²) in [7, 11) is 0. The van der Waals surface area contributed by atoms with E-state index >= 15 is 0 Å². The molecule has 1 rings (SSSR count). The highest BCUT2D eigenvalue weighted by Crippen LogP contribution is 2.45. The van der Waals surface area contributed by atoms with E-state index in [4.69, 9.17) is 0 Å². The van der Waals surface area contributed by atoms with Crippen LogP contribution in [0, 0.1) is 17.3 Å². The predicted octanol–water partition coefficient (Wildman–Crippen LogP) is 3.20. The number of carbonyl (C=O) groups is 1. The normalized spacial score (nSPS) is 32.5. The summed E-state index contributed by atoms with van der Waals surface area (Å²) in [4.78, 5) is 11.0. The average molecular weight is 180 g/mol. The molecule has 0 amide bonds. The van der Waals surface area contributed by atoms with Crippen molar-refractivity contribution >= 4 is 6.29 Å². The Bertz CT molecular complexity index is 225. The van der Waals surface area contributed by atoms with Crippen molar-refractivity contribution in [3.05, 3.63) is 11.6 Å². The molecule has 0 saturated carbocycles. The van der Waals surface area contributed by atoms with Gasteiger partial charge in [0.2, 0.25) is 0 Å². The molecule has 1 heteroatoms. The summed E-state index contributed by atoms with van der Waals surface area (Å²) < 4.78 is 0. The first-order valence-corrected chi connectivity index (χ1v) is 5.16. The SMILES string of the molecule is CC[C@H]1CC=C(C)[C@@H](C=O)C1(C)C. The van der Waals surface area contributed by atoms with E-state index in [9.17, 15) is 4.79 Å². The van der Waals surface area contributed by atoms with Crippen LogP contribution < -0.4 is 0 Å². The minimum atomic E-state index is 0.131. The molecule has 0 fully saturated rings. The second-order valence-electron chi connectivity index (χ2n) is 4.72. The maximum atomic E-state index is 11.0. The minimum absolute atomic E-state index is 0.131. The van der Waals surface area contributed by atoms with Crippen LogP contribution in [0.3, 0.4) is 0 Å². The first-order chi connectivity index (χ1) is 6.04. The van der Waals surface area contributed by atoms with Gasteiger partial charge in [-0.1, -0.05) is 38.8 Å². The largest absolute Gasteiger partial charge is 0.303 e. The fourth-order valence-electron chi connectivity index (χ4n) is 2.58. The highest BCUT2D eigenvalue weighted by molar-refractivity contribution is 5.60. The highest BCUT2D eigenvalue weighted by Gasteiger charge is 2.39. The molecular weight excluding hydrogens is 160 g/mol. The lowest BCUT2D eigenvalue weighted by Gasteiger charge is -2.42. The lowest BCUT2D eigenvalue weighted by molar-refractivity contribution is -0.114. The Morgan fingerprint density at radius 3 is 2.69 bits per heavy atom. The average Bonchev–Trinajstić information content (AvgIpc) is 2.04. The Morgan fingerprint density at radius 1 is 1.62 bits per heavy atom. The van der Waals surface area contributed by atoms with Crippen molar-refractivity contribution in [3.63, 3.8) is 0 Å². The molecule has 1 aliphatic rings. The van der Waals surface area contributed by atoms with Gasteiger partial charge in [-0.25, -0.2) is 0 Å². The molecule has 0 aliphatic heterocycles. The Hall–Kier alpha value is -0.590. The molecule has 13 heavy (non-hydrogen) atoms. The van der Waals surface area contributed by atoms with E-state index in [0.29, 0.717) is 5.92 Å². The molecule has 2 atom stereocenters. The van der Waals surface area contributed by atoms with Gasteiger partial charge in [-0.15, -0.1) is 0 Å². The van der Waals surface area contributed by atoms with Crippen LogP contribution in [0.2, 0.25) is 0 Å². The lowest BCUT2D eigenvalue weighted by atomic mass is 9.62. The van der Waals surface area contributed by atoms with Gasteiger partial charge in [-0.05, 0) is 24.7 Å². The summed E-state index contributed by atoms with van der Waals surface area (Å²) in [5.41, 5.74) is 1.40. The lowest BCUT2D eigenvalue weighted by Crippen LogP contribution is -2.36. The molecule has 0 N–H and O–H groups in total. The van der Waals surface area contributed by atoms with Gasteiger partial charge in [0.05, 0.1) is 0 Å². The van der Waals surface area contributed by atoms with Gasteiger partial charge in [0, 0.05) is 5.92 Å². The van der Waals surface area contributed by atoms with E-state index in [1.54, 1.807) is 0 Å². The third kappa shape index (κ3) is 1.70. The van der Waals surface area contributed by atoms with Crippen molar-refractivity contribution in [2.75, 3.05) is 0 Å². The Labute approximate surface area is 81.2 Å². The molecule has 0 bridgehead atoms. The quantitative estimate of drug-likeness (QED) is 0.471. The van der Waals surface area contributed by atoms with E-state index in [-0.39, 0.29) is 11.3 Å². The predicted molar refractivity (Wildman–Crippen MR) is 55.5 cm³/mol. The first kappa shape index (κ1) is 10.5. The minimum Gasteiger partial charge on any atom is -0.303 e. The molecule has 74 valence electrons. The van der Waals surface area contributed by atoms with Crippen molar-refractivity contribution in [2.24, 2.45) is 17.3 Å². The number of aldehydes is 1. The summed E-state index contributed by atoms with van der Waals surface area (Å²) in [6.07, 6.45) is 5.66. The van der Waals surface area contributed by atoms with Gasteiger partial charge in [-0.3, -0.25) is 0 Å². The van der Waals surface area contributed by atoms with Crippen LogP contribution in [0.1, 0.15) is 40.5 Å². The zero-order valence-electron chi connectivity index (χ0n) is 9.13. The van der Waals surface area contributed by atoms with E-state index in [0.717, 1.165) is 12.7 Å². The zero-order chi connectivity index (χ0) is 10.1. The van der Waals surface area contributed by atoms with Crippen LogP contribution in [0.15, 0.2) is 11.6 Å². The molecule has 0 radical (unpaired) electrons. The van der Waals surface area contributed by atoms with Gasteiger partial charge < -0.3 is 4.79 Å². The van der Waals surface area contributed by atoms with Crippen molar-refractivity contribution in [1.82, 2.24) is 0 Å². The van der Waals surface area contributed by atoms with Crippen LogP contribution in [0.4, 0.5) is 0 Å². The van der Waals surface area contributed by atoms with Crippen molar-refractivity contribution in [2.45, 2.75) is 40.5 Å². The first-order valence-electron chi connectivity index (χ1n) is 5.16. The van der Waals surface area contributed by atoms with Crippen LogP contribution in [0.25, 0.3) is 0 Å². The third-order valence-electron chi connectivity index (χ3n) is 3.70. The Kier molecular flexibility index (Phi) is 2.94. The molecule has 0 aromatic rings. The van der Waals surface area contributed by atoms with E-state index in [2.05, 4.69) is 33.8 Å². The summed E-state index contributed by atoms with van der Waals surface area (Å²) >= 11 is 0. The number of hydrogen-bond acceptors (Lipinski definition) is 1. The van der Waals surface area contributed by atoms with E-state index in [1.807, 2.05) is 0 Å². The van der Waals surface area contributed by atoms with Crippen LogP contribution in [-0.4, -0.2) is 6.29 Å². The van der Waals surface area contributed by atoms with Crippen molar-refractivity contribution in [3.8, 4) is 0 Å². The topological polar surface area (TPSA) is 17.1 Å². The summed E-state index contributed by atoms with van der Waals surface area (Å²) in [6, 6.07) is 0. The van der Waals surface area contributed by atoms with E-state index in [1.165, 1.54) is 12.0 Å². The molecule has 0 aromatic carbocycles. The monoisotopic (exact) mass is 180 g/mol. The van der Waals surface area contributed by atoms with Crippen molar-refractivity contribution in [1.29, 1.82) is 0 Å². The smallest absolute Gasteiger partial charge is 0.127 e. The zero-order valence-corrected chi connectivity index (χ0v) is 9.13. The standard InChI is InChI=1S/C12H20O/c1-5-10-7-6-9(2)11(8-13)12(10,3)4/h6,8,10-11H,5,7H2,1-4H3/t10-,11+/m0/s1. The highest BCUT2D eigenvalue weighted by atomic mass is 16.1. The summed E-state index contributed by atoms with van der Waals surface area (Å²) in [5, 5.41) is 0. The molecule has 0 saturated heterocycles.